The summed E-state index contributed by atoms with van der Waals surface area (Å²) in [6, 6.07) is 68.3. The van der Waals surface area contributed by atoms with E-state index in [1.807, 2.05) is 0 Å². The summed E-state index contributed by atoms with van der Waals surface area (Å²) in [5.41, 5.74) is 22.5. The molecule has 0 fully saturated rings. The molecule has 0 amide bonds. The Hall–Kier alpha value is -7.21. The highest BCUT2D eigenvalue weighted by molar-refractivity contribution is 6.38. The molecule has 0 saturated carbocycles. The van der Waals surface area contributed by atoms with Crippen LogP contribution in [0, 0.1) is 27.7 Å². The average Bonchev–Trinajstić information content (AvgIpc) is 3.41. The van der Waals surface area contributed by atoms with E-state index in [0.717, 1.165) is 80.3 Å². The molecular weight excluding hydrogens is 945 g/mol. The molecule has 0 unspecified atom stereocenters. The predicted octanol–water partition coefficient (Wildman–Crippen LogP) is 15.3. The first-order valence-corrected chi connectivity index (χ1v) is 28.3. The van der Waals surface area contributed by atoms with Gasteiger partial charge in [0.2, 0.25) is 0 Å². The van der Waals surface area contributed by atoms with E-state index in [0.29, 0.717) is 0 Å². The molecule has 8 heteroatoms. The molecule has 0 aliphatic heterocycles. The molecule has 0 heterocycles. The molecule has 354 valence electrons. The lowest BCUT2D eigenvalue weighted by Crippen LogP contribution is -2.13. The third kappa shape index (κ3) is 15.1. The van der Waals surface area contributed by atoms with Gasteiger partial charge in [-0.15, -0.1) is 0 Å². The van der Waals surface area contributed by atoms with Crippen molar-refractivity contribution in [2.75, 3.05) is 0 Å². The second-order valence-electron chi connectivity index (χ2n) is 17.7. The fraction of sp³-hybridized carbons (Fsp3) is 0.125. The highest BCUT2D eigenvalue weighted by atomic mass is 28.2. The monoisotopic (exact) mass is 1000 g/mol. The van der Waals surface area contributed by atoms with Gasteiger partial charge in [-0.1, -0.05) is 239 Å². The summed E-state index contributed by atoms with van der Waals surface area (Å²) in [4.78, 5) is 0. The van der Waals surface area contributed by atoms with Crippen LogP contribution in [0.1, 0.15) is 91.4 Å². The Morgan fingerprint density at radius 1 is 0.292 bits per heavy atom. The molecule has 72 heavy (non-hydrogen) atoms. The Kier molecular flexibility index (Phi) is 19.1. The van der Waals surface area contributed by atoms with E-state index in [-0.39, 0.29) is 50.9 Å². The summed E-state index contributed by atoms with van der Waals surface area (Å²) in [5.74, 6) is 3.26. The van der Waals surface area contributed by atoms with Crippen molar-refractivity contribution in [2.24, 2.45) is 0 Å². The van der Waals surface area contributed by atoms with Crippen molar-refractivity contribution in [3.63, 3.8) is 0 Å². The van der Waals surface area contributed by atoms with E-state index in [1.165, 1.54) is 22.3 Å². The number of benzene rings is 8. The number of aryl methyl sites for hydroxylation is 4. The van der Waals surface area contributed by atoms with Crippen molar-refractivity contribution in [1.29, 1.82) is 0 Å². The van der Waals surface area contributed by atoms with E-state index < -0.39 is 0 Å². The summed E-state index contributed by atoms with van der Waals surface area (Å²) in [5, 5.41) is 0. The van der Waals surface area contributed by atoms with Crippen LogP contribution in [0.5, 0.6) is 23.0 Å². The van der Waals surface area contributed by atoms with Crippen LogP contribution >= 0.6 is 0 Å². The molecule has 8 aromatic carbocycles. The normalized spacial score (nSPS) is 12.4. The molecule has 8 aromatic rings. The second kappa shape index (κ2) is 26.8. The van der Waals surface area contributed by atoms with Crippen molar-refractivity contribution in [1.82, 2.24) is 0 Å². The lowest BCUT2D eigenvalue weighted by molar-refractivity contribution is 0.526. The molecule has 0 aromatic heterocycles. The highest BCUT2D eigenvalue weighted by Gasteiger charge is 2.27. The zero-order chi connectivity index (χ0) is 49.7. The molecule has 0 aliphatic carbocycles. The van der Waals surface area contributed by atoms with Crippen LogP contribution in [-0.4, -0.2) is 39.1 Å². The standard InChI is InChI=1S/C64H58O4Si4/c1-47-21-29-51(30-22-47)39-43-69-65-61-17-9-5-13-57(61)55(58-14-6-10-18-62(58)66-70-44-40-52-31-23-48(2)24-32-52)37-38-56(59-15-7-11-19-63(59)67-71-45-41-53-33-25-49(3)26-34-53)60-16-8-12-20-64(60)68-72-46-42-54-35-27-50(4)28-36-54/h5-36,39-46,55-56H,37-38H2,1-4H3. The fourth-order valence-electron chi connectivity index (χ4n) is 8.36. The lowest BCUT2D eigenvalue weighted by Gasteiger charge is -2.27. The number of para-hydroxylation sites is 4. The van der Waals surface area contributed by atoms with Crippen molar-refractivity contribution >= 4 is 63.4 Å². The third-order valence-electron chi connectivity index (χ3n) is 12.3. The van der Waals surface area contributed by atoms with Crippen LogP contribution in [-0.2, 0) is 0 Å². The first-order valence-electron chi connectivity index (χ1n) is 24.3. The molecule has 8 radical (unpaired) electrons. The van der Waals surface area contributed by atoms with E-state index in [2.05, 4.69) is 269 Å². The van der Waals surface area contributed by atoms with Crippen LogP contribution in [0.15, 0.2) is 217 Å². The van der Waals surface area contributed by atoms with E-state index in [9.17, 15) is 0 Å². The Labute approximate surface area is 437 Å². The Bertz CT molecular complexity index is 2650. The minimum absolute atomic E-state index is 0.0866. The molecule has 0 aliphatic rings. The minimum atomic E-state index is -0.0866. The first kappa shape index (κ1) is 51.2. The van der Waals surface area contributed by atoms with E-state index in [1.54, 1.807) is 0 Å². The Balaban J connectivity index is 1.13. The van der Waals surface area contributed by atoms with Gasteiger partial charge >= 0.3 is 39.1 Å². The van der Waals surface area contributed by atoms with Gasteiger partial charge in [-0.25, -0.2) is 0 Å². The lowest BCUT2D eigenvalue weighted by atomic mass is 9.80. The van der Waals surface area contributed by atoms with Crippen molar-refractivity contribution < 1.29 is 17.7 Å². The largest absolute Gasteiger partial charge is 0.536 e. The van der Waals surface area contributed by atoms with E-state index >= 15 is 0 Å². The van der Waals surface area contributed by atoms with Crippen LogP contribution in [0.3, 0.4) is 0 Å². The Morgan fingerprint density at radius 2 is 0.500 bits per heavy atom. The molecule has 0 N–H and O–H groups in total. The summed E-state index contributed by atoms with van der Waals surface area (Å²) in [6.45, 7) is 8.44. The smallest absolute Gasteiger partial charge is 0.343 e. The topological polar surface area (TPSA) is 36.9 Å². The predicted molar refractivity (Wildman–Crippen MR) is 305 cm³/mol. The maximum absolute atomic E-state index is 6.72. The van der Waals surface area contributed by atoms with Crippen LogP contribution < -0.4 is 17.7 Å². The number of rotatable bonds is 23. The summed E-state index contributed by atoms with van der Waals surface area (Å²) in [7, 11) is 0.510. The van der Waals surface area contributed by atoms with Gasteiger partial charge in [-0.3, -0.25) is 0 Å². The van der Waals surface area contributed by atoms with Gasteiger partial charge in [0, 0.05) is 34.1 Å². The zero-order valence-electron chi connectivity index (χ0n) is 41.3. The maximum atomic E-state index is 6.72. The molecular formula is C64H58O4Si4. The molecule has 0 bridgehead atoms. The minimum Gasteiger partial charge on any atom is -0.536 e. The maximum Gasteiger partial charge on any atom is 0.343 e. The number of hydrogen-bond donors (Lipinski definition) is 0. The molecule has 0 atom stereocenters. The van der Waals surface area contributed by atoms with Crippen molar-refractivity contribution in [3.05, 3.63) is 284 Å². The molecule has 0 saturated heterocycles. The van der Waals surface area contributed by atoms with Gasteiger partial charge in [0.15, 0.2) is 0 Å². The quantitative estimate of drug-likeness (QED) is 0.0599. The summed E-state index contributed by atoms with van der Waals surface area (Å²) in [6.07, 6.45) is 10.1. The summed E-state index contributed by atoms with van der Waals surface area (Å²) < 4.78 is 26.9. The van der Waals surface area contributed by atoms with E-state index in [4.69, 9.17) is 17.7 Å². The second-order valence-corrected chi connectivity index (χ2v) is 20.8. The van der Waals surface area contributed by atoms with Gasteiger partial charge < -0.3 is 17.7 Å². The average molecular weight is 1000 g/mol. The van der Waals surface area contributed by atoms with Gasteiger partial charge in [0.05, 0.1) is 0 Å². The van der Waals surface area contributed by atoms with Crippen molar-refractivity contribution in [3.8, 4) is 23.0 Å². The molecule has 0 spiro atoms. The van der Waals surface area contributed by atoms with Crippen LogP contribution in [0.25, 0.3) is 24.3 Å². The van der Waals surface area contributed by atoms with Crippen molar-refractivity contribution in [2.45, 2.75) is 52.4 Å². The Morgan fingerprint density at radius 3 is 0.722 bits per heavy atom. The van der Waals surface area contributed by atoms with Gasteiger partial charge in [0.1, 0.15) is 23.0 Å². The fourth-order valence-corrected chi connectivity index (χ4v) is 10.9. The third-order valence-corrected chi connectivity index (χ3v) is 14.8. The van der Waals surface area contributed by atoms with Gasteiger partial charge in [-0.2, -0.15) is 0 Å². The molecule has 4 nitrogen and oxygen atoms in total. The zero-order valence-corrected chi connectivity index (χ0v) is 45.3. The summed E-state index contributed by atoms with van der Waals surface area (Å²) >= 11 is 0. The highest BCUT2D eigenvalue weighted by Crippen LogP contribution is 2.45. The van der Waals surface area contributed by atoms with Crippen LogP contribution in [0.4, 0.5) is 0 Å². The SMILES string of the molecule is Cc1ccc(C=C[Si]Oc2ccccc2C(CCC(c2ccccc2O[Si]C=Cc2ccc(C)cc2)c2ccccc2O[Si]C=Cc2ccc(C)cc2)c2ccccc2O[Si]C=Cc2ccc(C)cc2)cc1. The molecule has 8 rings (SSSR count). The van der Waals surface area contributed by atoms with Crippen LogP contribution in [0.2, 0.25) is 0 Å². The first-order chi connectivity index (χ1) is 35.4. The van der Waals surface area contributed by atoms with Gasteiger partial charge in [-0.05, 0) is 87.1 Å². The van der Waals surface area contributed by atoms with Gasteiger partial charge in [0.25, 0.3) is 0 Å². The number of hydrogen-bond acceptors (Lipinski definition) is 4.